The molecule has 5 rings (SSSR count). The van der Waals surface area contributed by atoms with E-state index in [9.17, 15) is 9.59 Å². The molecule has 0 saturated carbocycles. The standard InChI is InChI=1S/C30H26BrNO6/c1-4-5-14-36-19-11-13-24-21(16-19)26(17(2)37-24)30(34)32-27-20-8-6-7-9-23(20)38-29(27)28(33)18-10-12-25(35-3)22(31)15-18/h6-13,15-16H,4-5,14H2,1-3H3,(H,32,34). The summed E-state index contributed by atoms with van der Waals surface area (Å²) in [5.41, 5.74) is 2.11. The number of nitrogens with one attached hydrogen (secondary N) is 1. The van der Waals surface area contributed by atoms with Crippen LogP contribution in [0.3, 0.4) is 0 Å². The summed E-state index contributed by atoms with van der Waals surface area (Å²) >= 11 is 3.43. The molecule has 5 aromatic rings. The summed E-state index contributed by atoms with van der Waals surface area (Å²) in [7, 11) is 1.55. The first kappa shape index (κ1) is 25.6. The fraction of sp³-hybridized carbons (Fsp3) is 0.200. The number of rotatable bonds is 9. The number of furan rings is 2. The van der Waals surface area contributed by atoms with Crippen molar-refractivity contribution in [3.63, 3.8) is 0 Å². The molecule has 0 aliphatic heterocycles. The van der Waals surface area contributed by atoms with E-state index in [1.807, 2.05) is 24.3 Å². The van der Waals surface area contributed by atoms with Crippen LogP contribution < -0.4 is 14.8 Å². The van der Waals surface area contributed by atoms with Crippen molar-refractivity contribution in [2.24, 2.45) is 0 Å². The molecule has 1 N–H and O–H groups in total. The maximum absolute atomic E-state index is 13.7. The number of benzene rings is 3. The zero-order chi connectivity index (χ0) is 26.8. The van der Waals surface area contributed by atoms with Gasteiger partial charge < -0.3 is 23.6 Å². The van der Waals surface area contributed by atoms with Crippen molar-refractivity contribution < 1.29 is 27.9 Å². The van der Waals surface area contributed by atoms with Crippen LogP contribution in [0, 0.1) is 6.92 Å². The van der Waals surface area contributed by atoms with E-state index in [0.29, 0.717) is 67.1 Å². The van der Waals surface area contributed by atoms with Crippen molar-refractivity contribution in [3.8, 4) is 11.5 Å². The minimum Gasteiger partial charge on any atom is -0.496 e. The molecule has 0 radical (unpaired) electrons. The number of para-hydroxylation sites is 1. The van der Waals surface area contributed by atoms with Gasteiger partial charge in [-0.2, -0.15) is 0 Å². The first-order valence-corrected chi connectivity index (χ1v) is 13.1. The van der Waals surface area contributed by atoms with Crippen molar-refractivity contribution in [2.75, 3.05) is 19.0 Å². The first-order valence-electron chi connectivity index (χ1n) is 12.3. The molecule has 3 aromatic carbocycles. The summed E-state index contributed by atoms with van der Waals surface area (Å²) in [6.07, 6.45) is 1.96. The van der Waals surface area contributed by atoms with Gasteiger partial charge in [0.1, 0.15) is 28.4 Å². The predicted octanol–water partition coefficient (Wildman–Crippen LogP) is 7.92. The van der Waals surface area contributed by atoms with Gasteiger partial charge in [0.2, 0.25) is 5.78 Å². The van der Waals surface area contributed by atoms with Gasteiger partial charge in [-0.3, -0.25) is 9.59 Å². The Bertz CT molecular complexity index is 1660. The Hall–Kier alpha value is -4.04. The third-order valence-electron chi connectivity index (χ3n) is 6.28. The lowest BCUT2D eigenvalue weighted by Crippen LogP contribution is -2.15. The van der Waals surface area contributed by atoms with Crippen molar-refractivity contribution in [1.29, 1.82) is 0 Å². The molecule has 194 valence electrons. The van der Waals surface area contributed by atoms with Gasteiger partial charge >= 0.3 is 0 Å². The minimum absolute atomic E-state index is 0.0330. The van der Waals surface area contributed by atoms with E-state index < -0.39 is 5.91 Å². The van der Waals surface area contributed by atoms with E-state index in [2.05, 4.69) is 28.2 Å². The van der Waals surface area contributed by atoms with Crippen molar-refractivity contribution in [1.82, 2.24) is 0 Å². The average molecular weight is 576 g/mol. The van der Waals surface area contributed by atoms with Gasteiger partial charge in [0, 0.05) is 16.3 Å². The Morgan fingerprint density at radius 3 is 2.53 bits per heavy atom. The average Bonchev–Trinajstić information content (AvgIpc) is 3.44. The van der Waals surface area contributed by atoms with Crippen LogP contribution in [-0.2, 0) is 0 Å². The number of anilines is 1. The van der Waals surface area contributed by atoms with E-state index >= 15 is 0 Å². The smallest absolute Gasteiger partial charge is 0.259 e. The zero-order valence-corrected chi connectivity index (χ0v) is 22.8. The van der Waals surface area contributed by atoms with Gasteiger partial charge in [-0.1, -0.05) is 25.5 Å². The fourth-order valence-corrected chi connectivity index (χ4v) is 4.89. The van der Waals surface area contributed by atoms with Gasteiger partial charge in [-0.15, -0.1) is 0 Å². The maximum Gasteiger partial charge on any atom is 0.259 e. The van der Waals surface area contributed by atoms with Gasteiger partial charge in [0.25, 0.3) is 5.91 Å². The molecule has 0 bridgehead atoms. The second-order valence-corrected chi connectivity index (χ2v) is 9.68. The Kier molecular flexibility index (Phi) is 7.24. The number of carbonyl (C=O) groups is 2. The number of fused-ring (bicyclic) bond motifs is 2. The van der Waals surface area contributed by atoms with Crippen molar-refractivity contribution >= 4 is 55.2 Å². The van der Waals surface area contributed by atoms with Crippen LogP contribution in [0.5, 0.6) is 11.5 Å². The molecule has 0 aliphatic rings. The number of methoxy groups -OCH3 is 1. The van der Waals surface area contributed by atoms with Crippen LogP contribution >= 0.6 is 15.9 Å². The number of carbonyl (C=O) groups excluding carboxylic acids is 2. The Morgan fingerprint density at radius 1 is 0.974 bits per heavy atom. The lowest BCUT2D eigenvalue weighted by Gasteiger charge is -2.08. The van der Waals surface area contributed by atoms with Crippen LogP contribution in [0.15, 0.2) is 74.0 Å². The molecule has 7 nitrogen and oxygen atoms in total. The highest BCUT2D eigenvalue weighted by Crippen LogP contribution is 2.36. The molecule has 8 heteroatoms. The Morgan fingerprint density at radius 2 is 1.76 bits per heavy atom. The summed E-state index contributed by atoms with van der Waals surface area (Å²) in [4.78, 5) is 27.2. The van der Waals surface area contributed by atoms with Crippen LogP contribution in [0.1, 0.15) is 52.0 Å². The van der Waals surface area contributed by atoms with E-state index in [1.165, 1.54) is 0 Å². The molecule has 38 heavy (non-hydrogen) atoms. The van der Waals surface area contributed by atoms with Gasteiger partial charge in [0.05, 0.1) is 29.4 Å². The Balaban J connectivity index is 1.54. The molecule has 0 spiro atoms. The highest BCUT2D eigenvalue weighted by atomic mass is 79.9. The molecule has 2 aromatic heterocycles. The molecule has 0 unspecified atom stereocenters. The third-order valence-corrected chi connectivity index (χ3v) is 6.90. The number of aryl methyl sites for hydroxylation is 1. The van der Waals surface area contributed by atoms with Crippen LogP contribution in [0.25, 0.3) is 21.9 Å². The highest BCUT2D eigenvalue weighted by Gasteiger charge is 2.26. The number of ketones is 1. The SMILES string of the molecule is CCCCOc1ccc2oc(C)c(C(=O)Nc3c(C(=O)c4ccc(OC)c(Br)c4)oc4ccccc34)c2c1. The maximum atomic E-state index is 13.7. The normalized spacial score (nSPS) is 11.2. The summed E-state index contributed by atoms with van der Waals surface area (Å²) in [5, 5.41) is 4.19. The molecule has 0 fully saturated rings. The van der Waals surface area contributed by atoms with E-state index in [-0.39, 0.29) is 11.5 Å². The van der Waals surface area contributed by atoms with Gasteiger partial charge in [0.15, 0.2) is 5.76 Å². The number of halogens is 1. The zero-order valence-electron chi connectivity index (χ0n) is 21.2. The largest absolute Gasteiger partial charge is 0.496 e. The lowest BCUT2D eigenvalue weighted by molar-refractivity contribution is 0.101. The molecule has 2 heterocycles. The van der Waals surface area contributed by atoms with E-state index in [4.69, 9.17) is 18.3 Å². The summed E-state index contributed by atoms with van der Waals surface area (Å²) in [6.45, 7) is 4.43. The topological polar surface area (TPSA) is 90.9 Å². The first-order chi connectivity index (χ1) is 18.4. The molecule has 0 saturated heterocycles. The molecular weight excluding hydrogens is 550 g/mol. The summed E-state index contributed by atoms with van der Waals surface area (Å²) in [5.74, 6) is 0.966. The van der Waals surface area contributed by atoms with Crippen molar-refractivity contribution in [3.05, 3.63) is 87.8 Å². The second kappa shape index (κ2) is 10.8. The molecule has 1 amide bonds. The third kappa shape index (κ3) is 4.79. The number of amides is 1. The van der Waals surface area contributed by atoms with Crippen LogP contribution in [0.2, 0.25) is 0 Å². The molecule has 0 aliphatic carbocycles. The number of unbranched alkanes of at least 4 members (excludes halogenated alkanes) is 1. The predicted molar refractivity (Wildman–Crippen MR) is 150 cm³/mol. The lowest BCUT2D eigenvalue weighted by atomic mass is 10.1. The minimum atomic E-state index is -0.413. The van der Waals surface area contributed by atoms with Gasteiger partial charge in [-0.25, -0.2) is 0 Å². The molecule has 0 atom stereocenters. The Labute approximate surface area is 227 Å². The van der Waals surface area contributed by atoms with Gasteiger partial charge in [-0.05, 0) is 77.8 Å². The van der Waals surface area contributed by atoms with Crippen LogP contribution in [-0.4, -0.2) is 25.4 Å². The number of ether oxygens (including phenoxy) is 2. The quantitative estimate of drug-likeness (QED) is 0.142. The fourth-order valence-electron chi connectivity index (χ4n) is 4.35. The second-order valence-electron chi connectivity index (χ2n) is 8.83. The molecular formula is C30H26BrNO6. The summed E-state index contributed by atoms with van der Waals surface area (Å²) in [6, 6.07) is 17.6. The van der Waals surface area contributed by atoms with E-state index in [0.717, 1.165) is 12.8 Å². The van der Waals surface area contributed by atoms with Crippen LogP contribution in [0.4, 0.5) is 5.69 Å². The van der Waals surface area contributed by atoms with E-state index in [1.54, 1.807) is 50.4 Å². The monoisotopic (exact) mass is 575 g/mol. The highest BCUT2D eigenvalue weighted by molar-refractivity contribution is 9.10. The van der Waals surface area contributed by atoms with Crippen molar-refractivity contribution in [2.45, 2.75) is 26.7 Å². The number of hydrogen-bond donors (Lipinski definition) is 1. The number of hydrogen-bond acceptors (Lipinski definition) is 6. The summed E-state index contributed by atoms with van der Waals surface area (Å²) < 4.78 is 23.6.